The summed E-state index contributed by atoms with van der Waals surface area (Å²) in [4.78, 5) is 1.39. The van der Waals surface area contributed by atoms with Gasteiger partial charge in [-0.25, -0.2) is 0 Å². The first-order chi connectivity index (χ1) is 24.3. The minimum atomic E-state index is 0.261. The summed E-state index contributed by atoms with van der Waals surface area (Å²) in [6.07, 6.45) is 0. The van der Waals surface area contributed by atoms with Gasteiger partial charge in [0.2, 0.25) is 5.37 Å². The van der Waals surface area contributed by atoms with Crippen LogP contribution in [-0.4, -0.2) is 0 Å². The van der Waals surface area contributed by atoms with Crippen LogP contribution in [-0.2, 0) is 11.8 Å². The van der Waals surface area contributed by atoms with E-state index in [1.54, 1.807) is 0 Å². The standard InChI is InChI=1S/C47H29NS/c1-2-9-30(10-3-1)47-48-43-26-23-29-21-19-28-20-22-31(27-42(28)44(29)46(43)49-47)32-13-6-15-34-33(32)14-7-16-35(34)38-24-25-41-37-12-5-4-11-36(37)39-17-8-18-40(38)45(39)41/h1-27,47-48H/p+1. The second-order valence-corrected chi connectivity index (χ2v) is 14.5. The Labute approximate surface area is 288 Å². The highest BCUT2D eigenvalue weighted by atomic mass is 32.2. The van der Waals surface area contributed by atoms with E-state index in [1.807, 2.05) is 0 Å². The van der Waals surface area contributed by atoms with Gasteiger partial charge in [-0.1, -0.05) is 152 Å². The van der Waals surface area contributed by atoms with Crippen LogP contribution in [0.4, 0.5) is 5.69 Å². The Hall–Kier alpha value is -5.83. The summed E-state index contributed by atoms with van der Waals surface area (Å²) >= 11 is 1.30. The largest absolute Gasteiger partial charge is 0.333 e. The molecule has 0 aromatic heterocycles. The maximum atomic E-state index is 3.82. The third-order valence-corrected chi connectivity index (χ3v) is 12.1. The molecule has 1 aliphatic heterocycles. The molecule has 228 valence electrons. The molecule has 0 amide bonds. The second-order valence-electron chi connectivity index (χ2n) is 13.3. The predicted octanol–water partition coefficient (Wildman–Crippen LogP) is 12.6. The molecule has 2 heteroatoms. The van der Waals surface area contributed by atoms with Crippen molar-refractivity contribution in [2.24, 2.45) is 0 Å². The molecule has 1 atom stereocenters. The van der Waals surface area contributed by atoms with Gasteiger partial charge in [-0.15, -0.1) is 0 Å². The van der Waals surface area contributed by atoms with Crippen molar-refractivity contribution in [3.05, 3.63) is 169 Å². The van der Waals surface area contributed by atoms with Crippen LogP contribution in [0.15, 0.2) is 169 Å². The van der Waals surface area contributed by atoms with Crippen LogP contribution < -0.4 is 5.32 Å². The van der Waals surface area contributed by atoms with Crippen molar-refractivity contribution in [1.82, 2.24) is 0 Å². The van der Waals surface area contributed by atoms with Crippen molar-refractivity contribution in [3.63, 3.8) is 0 Å². The zero-order chi connectivity index (χ0) is 32.1. The molecular weight excluding hydrogens is 611 g/mol. The smallest absolute Gasteiger partial charge is 0.217 e. The average molecular weight is 641 g/mol. The first-order valence-corrected chi connectivity index (χ1v) is 18.0. The highest BCUT2D eigenvalue weighted by molar-refractivity contribution is 7.79. The summed E-state index contributed by atoms with van der Waals surface area (Å²) in [5, 5.41) is 14.6. The van der Waals surface area contributed by atoms with Crippen molar-refractivity contribution >= 4 is 60.5 Å². The van der Waals surface area contributed by atoms with E-state index in [4.69, 9.17) is 0 Å². The Morgan fingerprint density at radius 1 is 0.388 bits per heavy atom. The number of hydrogen-bond acceptors (Lipinski definition) is 1. The normalized spacial score (nSPS) is 14.4. The molecule has 11 rings (SSSR count). The Kier molecular flexibility index (Phi) is 5.73. The molecule has 0 saturated heterocycles. The number of benzene rings is 9. The van der Waals surface area contributed by atoms with E-state index in [-0.39, 0.29) is 5.37 Å². The minimum absolute atomic E-state index is 0.261. The highest BCUT2D eigenvalue weighted by Crippen LogP contribution is 2.50. The summed E-state index contributed by atoms with van der Waals surface area (Å²) in [6, 6.07) is 60.9. The molecule has 0 fully saturated rings. The number of fused-ring (bicyclic) bond motifs is 9. The molecule has 1 nitrogen and oxygen atoms in total. The maximum Gasteiger partial charge on any atom is 0.217 e. The zero-order valence-corrected chi connectivity index (χ0v) is 27.5. The van der Waals surface area contributed by atoms with E-state index in [0.29, 0.717) is 0 Å². The van der Waals surface area contributed by atoms with Gasteiger partial charge in [0.15, 0.2) is 4.90 Å². The maximum absolute atomic E-state index is 3.82. The summed E-state index contributed by atoms with van der Waals surface area (Å²) in [6.45, 7) is 0. The van der Waals surface area contributed by atoms with Gasteiger partial charge < -0.3 is 5.32 Å². The molecule has 0 radical (unpaired) electrons. The number of nitrogens with one attached hydrogen (secondary N) is 1. The van der Waals surface area contributed by atoms with Gasteiger partial charge >= 0.3 is 0 Å². The lowest BCUT2D eigenvalue weighted by molar-refractivity contribution is 1.13. The first-order valence-electron chi connectivity index (χ1n) is 17.0. The van der Waals surface area contributed by atoms with E-state index in [1.165, 1.54) is 116 Å². The number of hydrogen-bond donors (Lipinski definition) is 1. The molecule has 2 aliphatic rings. The summed E-state index contributed by atoms with van der Waals surface area (Å²) < 4.78 is 0. The van der Waals surface area contributed by atoms with E-state index in [9.17, 15) is 0 Å². The fourth-order valence-corrected chi connectivity index (χ4v) is 9.93. The Bertz CT molecular complexity index is 2800. The van der Waals surface area contributed by atoms with Crippen molar-refractivity contribution in [2.75, 3.05) is 5.32 Å². The predicted molar refractivity (Wildman–Crippen MR) is 212 cm³/mol. The summed E-state index contributed by atoms with van der Waals surface area (Å²) in [5.41, 5.74) is 13.0. The molecule has 1 N–H and O–H groups in total. The zero-order valence-electron chi connectivity index (χ0n) is 26.6. The lowest BCUT2D eigenvalue weighted by Gasteiger charge is -2.15. The summed E-state index contributed by atoms with van der Waals surface area (Å²) in [7, 11) is 0. The fraction of sp³-hybridized carbons (Fsp3) is 0.0213. The second kappa shape index (κ2) is 10.3. The number of rotatable bonds is 3. The quantitative estimate of drug-likeness (QED) is 0.115. The van der Waals surface area contributed by atoms with Crippen molar-refractivity contribution in [2.45, 2.75) is 10.3 Å². The van der Waals surface area contributed by atoms with Crippen LogP contribution in [0.5, 0.6) is 0 Å². The van der Waals surface area contributed by atoms with Gasteiger partial charge in [-0.2, -0.15) is 0 Å². The fourth-order valence-electron chi connectivity index (χ4n) is 8.49. The lowest BCUT2D eigenvalue weighted by Crippen LogP contribution is -2.04. The van der Waals surface area contributed by atoms with E-state index in [2.05, 4.69) is 169 Å². The lowest BCUT2D eigenvalue weighted by atomic mass is 9.89. The summed E-state index contributed by atoms with van der Waals surface area (Å²) in [5.74, 6) is 0. The SMILES string of the molecule is c1ccc(C2Nc3ccc4ccc5ccc(-c6cccc7c(-c8ccc9c%10c(cccc8%10)-c8ccccc8-9)cccc67)cc5c4c3[SH+]2)cc1. The molecule has 9 aromatic carbocycles. The topological polar surface area (TPSA) is 12.0 Å². The molecule has 9 aromatic rings. The third kappa shape index (κ3) is 3.95. The molecule has 1 aliphatic carbocycles. The van der Waals surface area contributed by atoms with Gasteiger partial charge in [-0.05, 0) is 94.3 Å². The van der Waals surface area contributed by atoms with Gasteiger partial charge in [0.25, 0.3) is 0 Å². The van der Waals surface area contributed by atoms with E-state index >= 15 is 0 Å². The Balaban J connectivity index is 1.08. The van der Waals surface area contributed by atoms with Crippen LogP contribution in [0, 0.1) is 0 Å². The molecule has 1 heterocycles. The van der Waals surface area contributed by atoms with Crippen LogP contribution in [0.2, 0.25) is 0 Å². The van der Waals surface area contributed by atoms with Crippen molar-refractivity contribution in [1.29, 1.82) is 0 Å². The van der Waals surface area contributed by atoms with Gasteiger partial charge in [-0.3, -0.25) is 0 Å². The molecule has 1 unspecified atom stereocenters. The Morgan fingerprint density at radius 2 is 0.980 bits per heavy atom. The molecule has 49 heavy (non-hydrogen) atoms. The Morgan fingerprint density at radius 3 is 1.82 bits per heavy atom. The van der Waals surface area contributed by atoms with Crippen LogP contribution >= 0.6 is 0 Å². The van der Waals surface area contributed by atoms with Crippen molar-refractivity contribution in [3.8, 4) is 44.5 Å². The van der Waals surface area contributed by atoms with Crippen LogP contribution in [0.25, 0.3) is 87.6 Å². The average Bonchev–Trinajstić information content (AvgIpc) is 3.75. The number of anilines is 1. The number of thiol groups is 1. The van der Waals surface area contributed by atoms with Crippen molar-refractivity contribution < 1.29 is 0 Å². The third-order valence-electron chi connectivity index (χ3n) is 10.7. The molecular formula is C47H30NS+. The molecule has 0 spiro atoms. The highest BCUT2D eigenvalue weighted by Gasteiger charge is 2.33. The minimum Gasteiger partial charge on any atom is -0.333 e. The monoisotopic (exact) mass is 640 g/mol. The van der Waals surface area contributed by atoms with E-state index in [0.717, 1.165) is 0 Å². The van der Waals surface area contributed by atoms with Crippen LogP contribution in [0.1, 0.15) is 10.9 Å². The first kappa shape index (κ1) is 27.2. The van der Waals surface area contributed by atoms with Gasteiger partial charge in [0.1, 0.15) is 0 Å². The van der Waals surface area contributed by atoms with Gasteiger partial charge in [0.05, 0.1) is 5.69 Å². The van der Waals surface area contributed by atoms with Gasteiger partial charge in [0, 0.05) is 22.7 Å². The van der Waals surface area contributed by atoms with E-state index < -0.39 is 0 Å². The molecule has 0 bridgehead atoms. The molecule has 0 saturated carbocycles. The van der Waals surface area contributed by atoms with Crippen LogP contribution in [0.3, 0.4) is 0 Å².